The summed E-state index contributed by atoms with van der Waals surface area (Å²) in [6.07, 6.45) is 0.583. The van der Waals surface area contributed by atoms with Crippen LogP contribution in [0.4, 0.5) is 4.79 Å². The van der Waals surface area contributed by atoms with Crippen LogP contribution in [0.5, 0.6) is 0 Å². The molecule has 1 atom stereocenters. The third-order valence-electron chi connectivity index (χ3n) is 5.07. The number of carbonyl (C=O) groups is 2. The number of hydrogen-bond acceptors (Lipinski definition) is 4. The predicted molar refractivity (Wildman–Crippen MR) is 97.2 cm³/mol. The van der Waals surface area contributed by atoms with Crippen molar-refractivity contribution in [1.29, 1.82) is 0 Å². The van der Waals surface area contributed by atoms with Gasteiger partial charge >= 0.3 is 12.1 Å². The molecule has 1 fully saturated rings. The Balaban J connectivity index is 1.95. The number of hydrogen-bond donors (Lipinski definition) is 0. The molecule has 2 aromatic carbocycles. The van der Waals surface area contributed by atoms with Crippen molar-refractivity contribution < 1.29 is 19.1 Å². The molecule has 0 unspecified atom stereocenters. The van der Waals surface area contributed by atoms with E-state index in [0.29, 0.717) is 12.8 Å². The molecule has 1 heterocycles. The van der Waals surface area contributed by atoms with Gasteiger partial charge in [-0.05, 0) is 35.1 Å². The Morgan fingerprint density at radius 1 is 0.885 bits per heavy atom. The van der Waals surface area contributed by atoms with Gasteiger partial charge in [0.2, 0.25) is 0 Å². The van der Waals surface area contributed by atoms with E-state index >= 15 is 0 Å². The van der Waals surface area contributed by atoms with Crippen molar-refractivity contribution in [1.82, 2.24) is 4.90 Å². The zero-order valence-corrected chi connectivity index (χ0v) is 14.7. The molecule has 0 saturated carbocycles. The minimum atomic E-state index is -0.658. The summed E-state index contributed by atoms with van der Waals surface area (Å²) in [7, 11) is 2.66. The Bertz CT molecular complexity index is 884. The molecule has 5 nitrogen and oxygen atoms in total. The molecular formula is C21H19NO4. The lowest BCUT2D eigenvalue weighted by Crippen LogP contribution is -2.40. The second-order valence-corrected chi connectivity index (χ2v) is 6.33. The van der Waals surface area contributed by atoms with Crippen molar-refractivity contribution in [2.75, 3.05) is 14.2 Å². The summed E-state index contributed by atoms with van der Waals surface area (Å²) >= 11 is 0. The number of methoxy groups -OCH3 is 2. The third-order valence-corrected chi connectivity index (χ3v) is 5.07. The van der Waals surface area contributed by atoms with Crippen LogP contribution in [0.1, 0.15) is 24.0 Å². The molecule has 0 bridgehead atoms. The second kappa shape index (κ2) is 6.33. The smallest absolute Gasteiger partial charge is 0.414 e. The first kappa shape index (κ1) is 16.4. The van der Waals surface area contributed by atoms with Gasteiger partial charge in [-0.15, -0.1) is 0 Å². The van der Waals surface area contributed by atoms with Gasteiger partial charge in [-0.3, -0.25) is 4.90 Å². The van der Waals surface area contributed by atoms with Gasteiger partial charge in [-0.1, -0.05) is 48.5 Å². The van der Waals surface area contributed by atoms with Crippen LogP contribution in [-0.4, -0.2) is 37.2 Å². The summed E-state index contributed by atoms with van der Waals surface area (Å²) in [5, 5.41) is 0. The number of nitrogens with zero attached hydrogens (tertiary/aromatic N) is 1. The van der Waals surface area contributed by atoms with Crippen LogP contribution in [0.25, 0.3) is 16.7 Å². The van der Waals surface area contributed by atoms with Crippen molar-refractivity contribution in [2.45, 2.75) is 18.9 Å². The zero-order valence-electron chi connectivity index (χ0n) is 14.7. The molecule has 1 saturated heterocycles. The fraction of sp³-hybridized carbons (Fsp3) is 0.238. The fourth-order valence-electron chi connectivity index (χ4n) is 3.98. The summed E-state index contributed by atoms with van der Waals surface area (Å²) in [5.74, 6) is -0.425. The monoisotopic (exact) mass is 349 g/mol. The van der Waals surface area contributed by atoms with Crippen LogP contribution < -0.4 is 0 Å². The summed E-state index contributed by atoms with van der Waals surface area (Å²) in [5.41, 5.74) is 6.22. The topological polar surface area (TPSA) is 55.8 Å². The lowest BCUT2D eigenvalue weighted by atomic mass is 10.0. The average Bonchev–Trinajstić information content (AvgIpc) is 3.26. The first-order chi connectivity index (χ1) is 12.7. The summed E-state index contributed by atoms with van der Waals surface area (Å²) < 4.78 is 9.87. The maximum Gasteiger partial charge on any atom is 0.414 e. The van der Waals surface area contributed by atoms with Crippen LogP contribution in [0, 0.1) is 0 Å². The van der Waals surface area contributed by atoms with Crippen molar-refractivity contribution in [2.24, 2.45) is 0 Å². The van der Waals surface area contributed by atoms with Crippen molar-refractivity contribution in [3.8, 4) is 11.1 Å². The molecule has 5 heteroatoms. The molecule has 26 heavy (non-hydrogen) atoms. The van der Waals surface area contributed by atoms with Crippen molar-refractivity contribution in [3.05, 3.63) is 65.4 Å². The number of benzene rings is 2. The highest BCUT2D eigenvalue weighted by molar-refractivity contribution is 6.03. The van der Waals surface area contributed by atoms with E-state index in [9.17, 15) is 9.59 Å². The first-order valence-electron chi connectivity index (χ1n) is 8.54. The molecule has 132 valence electrons. The van der Waals surface area contributed by atoms with Crippen LogP contribution in [0.3, 0.4) is 0 Å². The van der Waals surface area contributed by atoms with E-state index in [0.717, 1.165) is 33.5 Å². The number of fused-ring (bicyclic) bond motifs is 3. The highest BCUT2D eigenvalue weighted by Gasteiger charge is 2.42. The molecule has 1 aliphatic heterocycles. The summed E-state index contributed by atoms with van der Waals surface area (Å²) in [6.45, 7) is 0. The van der Waals surface area contributed by atoms with E-state index in [-0.39, 0.29) is 0 Å². The average molecular weight is 349 g/mol. The third kappa shape index (κ3) is 2.31. The Hall–Kier alpha value is -3.08. The van der Waals surface area contributed by atoms with Gasteiger partial charge in [0.05, 0.1) is 14.2 Å². The van der Waals surface area contributed by atoms with E-state index < -0.39 is 18.1 Å². The van der Waals surface area contributed by atoms with E-state index in [1.807, 2.05) is 24.3 Å². The van der Waals surface area contributed by atoms with Crippen LogP contribution >= 0.6 is 0 Å². The molecule has 0 aromatic heterocycles. The molecule has 1 aliphatic carbocycles. The molecule has 0 spiro atoms. The summed E-state index contributed by atoms with van der Waals surface area (Å²) in [4.78, 5) is 26.2. The van der Waals surface area contributed by atoms with Gasteiger partial charge in [0.1, 0.15) is 6.04 Å². The van der Waals surface area contributed by atoms with Crippen LogP contribution in [-0.2, 0) is 14.3 Å². The van der Waals surface area contributed by atoms with E-state index in [1.54, 1.807) is 0 Å². The largest absolute Gasteiger partial charge is 0.467 e. The first-order valence-corrected chi connectivity index (χ1v) is 8.54. The zero-order chi connectivity index (χ0) is 18.3. The SMILES string of the molecule is COC(=O)[C@@H]1CCC(=C2c3ccccc3-c3ccccc32)N1C(=O)OC. The predicted octanol–water partition coefficient (Wildman–Crippen LogP) is 3.83. The number of ether oxygens (including phenoxy) is 2. The van der Waals surface area contributed by atoms with Gasteiger partial charge in [0.15, 0.2) is 0 Å². The number of esters is 1. The quantitative estimate of drug-likeness (QED) is 0.627. The minimum absolute atomic E-state index is 0.425. The molecule has 2 aliphatic rings. The maximum atomic E-state index is 12.5. The molecule has 2 aromatic rings. The fourth-order valence-corrected chi connectivity index (χ4v) is 3.98. The van der Waals surface area contributed by atoms with Crippen LogP contribution in [0.15, 0.2) is 54.2 Å². The van der Waals surface area contributed by atoms with Gasteiger partial charge in [-0.2, -0.15) is 0 Å². The number of allylic oxidation sites excluding steroid dienone is 1. The number of rotatable bonds is 1. The van der Waals surface area contributed by atoms with Crippen LogP contribution in [0.2, 0.25) is 0 Å². The molecule has 0 radical (unpaired) electrons. The number of carbonyl (C=O) groups excluding carboxylic acids is 2. The molecule has 4 rings (SSSR count). The summed E-state index contributed by atoms with van der Waals surface area (Å²) in [6, 6.07) is 15.6. The second-order valence-electron chi connectivity index (χ2n) is 6.33. The van der Waals surface area contributed by atoms with E-state index in [1.165, 1.54) is 19.1 Å². The Morgan fingerprint density at radius 2 is 1.42 bits per heavy atom. The standard InChI is InChI=1S/C21H19NO4/c1-25-20(23)18-12-11-17(22(18)21(24)26-2)19-15-9-5-3-7-13(15)14-8-4-6-10-16(14)19/h3-10,18H,11-12H2,1-2H3/t18-/m0/s1. The normalized spacial score (nSPS) is 17.8. The van der Waals surface area contributed by atoms with Gasteiger partial charge in [0.25, 0.3) is 0 Å². The molecule has 0 N–H and O–H groups in total. The molecular weight excluding hydrogens is 330 g/mol. The van der Waals surface area contributed by atoms with E-state index in [4.69, 9.17) is 9.47 Å². The van der Waals surface area contributed by atoms with Gasteiger partial charge < -0.3 is 9.47 Å². The van der Waals surface area contributed by atoms with E-state index in [2.05, 4.69) is 24.3 Å². The minimum Gasteiger partial charge on any atom is -0.467 e. The molecule has 1 amide bonds. The highest BCUT2D eigenvalue weighted by Crippen LogP contribution is 2.48. The number of likely N-dealkylation sites (tertiary alicyclic amines) is 1. The van der Waals surface area contributed by atoms with Gasteiger partial charge in [-0.25, -0.2) is 9.59 Å². The van der Waals surface area contributed by atoms with Gasteiger partial charge in [0, 0.05) is 11.3 Å². The Kier molecular flexibility index (Phi) is 3.99. The lowest BCUT2D eigenvalue weighted by Gasteiger charge is -2.24. The van der Waals surface area contributed by atoms with Crippen molar-refractivity contribution in [3.63, 3.8) is 0 Å². The lowest BCUT2D eigenvalue weighted by molar-refractivity contribution is -0.145. The maximum absolute atomic E-state index is 12.5. The highest BCUT2D eigenvalue weighted by atomic mass is 16.5. The van der Waals surface area contributed by atoms with Crippen molar-refractivity contribution >= 4 is 17.6 Å². The Morgan fingerprint density at radius 3 is 1.92 bits per heavy atom. The number of amides is 1. The Labute approximate surface area is 151 Å².